The largest absolute Gasteiger partial charge is 0.243 e. The summed E-state index contributed by atoms with van der Waals surface area (Å²) in [5.74, 6) is 0. The summed E-state index contributed by atoms with van der Waals surface area (Å²) in [4.78, 5) is 0.394. The Morgan fingerprint density at radius 2 is 2.00 bits per heavy atom. The summed E-state index contributed by atoms with van der Waals surface area (Å²) in [6, 6.07) is 7.10. The van der Waals surface area contributed by atoms with E-state index in [4.69, 9.17) is 0 Å². The van der Waals surface area contributed by atoms with Crippen LogP contribution < -0.4 is 0 Å². The summed E-state index contributed by atoms with van der Waals surface area (Å²) in [5.41, 5.74) is 1.07. The van der Waals surface area contributed by atoms with E-state index in [1.54, 1.807) is 16.4 Å². The van der Waals surface area contributed by atoms with E-state index < -0.39 is 10.0 Å². The molecule has 0 N–H and O–H groups in total. The van der Waals surface area contributed by atoms with Crippen LogP contribution in [-0.4, -0.2) is 25.3 Å². The van der Waals surface area contributed by atoms with Crippen LogP contribution in [0.4, 0.5) is 0 Å². The topological polar surface area (TPSA) is 37.4 Å². The van der Waals surface area contributed by atoms with Crippen molar-refractivity contribution in [1.29, 1.82) is 0 Å². The number of halogens is 1. The molecule has 1 atom stereocenters. The first kappa shape index (κ1) is 15.0. The van der Waals surface area contributed by atoms with E-state index >= 15 is 0 Å². The van der Waals surface area contributed by atoms with Gasteiger partial charge in [0.2, 0.25) is 10.0 Å². The van der Waals surface area contributed by atoms with Crippen molar-refractivity contribution >= 4 is 32.6 Å². The molecule has 0 radical (unpaired) electrons. The minimum atomic E-state index is -3.37. The van der Waals surface area contributed by atoms with Crippen molar-refractivity contribution in [1.82, 2.24) is 4.31 Å². The molecule has 1 saturated heterocycles. The van der Waals surface area contributed by atoms with Crippen LogP contribution in [-0.2, 0) is 10.0 Å². The summed E-state index contributed by atoms with van der Waals surface area (Å²) in [6.45, 7) is 4.52. The van der Waals surface area contributed by atoms with Crippen LogP contribution in [0, 0.1) is 6.92 Å². The first-order valence-corrected chi connectivity index (χ1v) is 8.89. The molecule has 1 aliphatic heterocycles. The van der Waals surface area contributed by atoms with Gasteiger partial charge in [0.05, 0.1) is 10.9 Å². The fourth-order valence-electron chi connectivity index (χ4n) is 2.34. The van der Waals surface area contributed by atoms with E-state index in [1.165, 1.54) is 0 Å². The average Bonchev–Trinajstić information content (AvgIpc) is 2.88. The SMILES string of the molecule is C/C=C(\I)C1CCCN1S(=O)(=O)c1ccc(C)cc1. The van der Waals surface area contributed by atoms with Gasteiger partial charge in [-0.2, -0.15) is 4.31 Å². The zero-order chi connectivity index (χ0) is 14.0. The van der Waals surface area contributed by atoms with E-state index in [-0.39, 0.29) is 6.04 Å². The fourth-order valence-corrected chi connectivity index (χ4v) is 4.85. The van der Waals surface area contributed by atoms with Crippen LogP contribution in [0.2, 0.25) is 0 Å². The van der Waals surface area contributed by atoms with E-state index in [9.17, 15) is 8.42 Å². The highest BCUT2D eigenvalue weighted by Gasteiger charge is 2.36. The minimum absolute atomic E-state index is 0.0110. The van der Waals surface area contributed by atoms with E-state index in [2.05, 4.69) is 22.6 Å². The van der Waals surface area contributed by atoms with Gasteiger partial charge in [-0.25, -0.2) is 8.42 Å². The Hall–Kier alpha value is -0.400. The van der Waals surface area contributed by atoms with Crippen LogP contribution in [0.15, 0.2) is 38.8 Å². The Morgan fingerprint density at radius 3 is 2.58 bits per heavy atom. The molecule has 19 heavy (non-hydrogen) atoms. The summed E-state index contributed by atoms with van der Waals surface area (Å²) >= 11 is 2.24. The molecule has 0 amide bonds. The molecule has 0 bridgehead atoms. The van der Waals surface area contributed by atoms with E-state index in [0.717, 1.165) is 22.0 Å². The molecule has 1 unspecified atom stereocenters. The molecule has 0 spiro atoms. The van der Waals surface area contributed by atoms with Crippen molar-refractivity contribution in [3.63, 3.8) is 0 Å². The number of benzene rings is 1. The van der Waals surface area contributed by atoms with E-state index in [0.29, 0.717) is 11.4 Å². The number of nitrogens with zero attached hydrogens (tertiary/aromatic N) is 1. The van der Waals surface area contributed by atoms with Crippen molar-refractivity contribution in [3.05, 3.63) is 39.5 Å². The van der Waals surface area contributed by atoms with Crippen molar-refractivity contribution < 1.29 is 8.42 Å². The summed E-state index contributed by atoms with van der Waals surface area (Å²) in [5, 5.41) is 0. The zero-order valence-electron chi connectivity index (χ0n) is 11.1. The first-order chi connectivity index (χ1) is 8.96. The molecule has 1 aromatic rings. The number of allylic oxidation sites excluding steroid dienone is 1. The minimum Gasteiger partial charge on any atom is -0.207 e. The van der Waals surface area contributed by atoms with Crippen LogP contribution in [0.25, 0.3) is 0 Å². The van der Waals surface area contributed by atoms with Crippen molar-refractivity contribution in [3.8, 4) is 0 Å². The molecule has 5 heteroatoms. The third-order valence-corrected chi connectivity index (χ3v) is 6.69. The van der Waals surface area contributed by atoms with Gasteiger partial charge in [0.25, 0.3) is 0 Å². The van der Waals surface area contributed by atoms with Gasteiger partial charge in [0.15, 0.2) is 0 Å². The predicted molar refractivity (Wildman–Crippen MR) is 85.9 cm³/mol. The Balaban J connectivity index is 2.36. The Morgan fingerprint density at radius 1 is 1.37 bits per heavy atom. The zero-order valence-corrected chi connectivity index (χ0v) is 14.1. The number of aryl methyl sites for hydroxylation is 1. The third-order valence-electron chi connectivity index (χ3n) is 3.43. The van der Waals surface area contributed by atoms with Gasteiger partial charge in [-0.3, -0.25) is 0 Å². The quantitative estimate of drug-likeness (QED) is 0.740. The highest BCUT2D eigenvalue weighted by molar-refractivity contribution is 14.1. The maximum atomic E-state index is 12.7. The molecule has 0 saturated carbocycles. The molecule has 0 aromatic heterocycles. The highest BCUT2D eigenvalue weighted by atomic mass is 127. The average molecular weight is 391 g/mol. The maximum absolute atomic E-state index is 12.7. The first-order valence-electron chi connectivity index (χ1n) is 6.37. The molecule has 3 nitrogen and oxygen atoms in total. The van der Waals surface area contributed by atoms with Gasteiger partial charge in [-0.05, 0) is 61.4 Å². The highest BCUT2D eigenvalue weighted by Crippen LogP contribution is 2.32. The summed E-state index contributed by atoms with van der Waals surface area (Å²) in [6.07, 6.45) is 3.83. The summed E-state index contributed by atoms with van der Waals surface area (Å²) in [7, 11) is -3.37. The van der Waals surface area contributed by atoms with Gasteiger partial charge < -0.3 is 0 Å². The van der Waals surface area contributed by atoms with Gasteiger partial charge >= 0.3 is 0 Å². The lowest BCUT2D eigenvalue weighted by atomic mass is 10.2. The Bertz CT molecular complexity index is 578. The molecular weight excluding hydrogens is 373 g/mol. The van der Waals surface area contributed by atoms with Crippen LogP contribution in [0.3, 0.4) is 0 Å². The van der Waals surface area contributed by atoms with Crippen molar-refractivity contribution in [2.75, 3.05) is 6.54 Å². The monoisotopic (exact) mass is 391 g/mol. The number of rotatable bonds is 3. The summed E-state index contributed by atoms with van der Waals surface area (Å²) < 4.78 is 28.1. The number of hydrogen-bond donors (Lipinski definition) is 0. The van der Waals surface area contributed by atoms with Gasteiger partial charge in [-0.1, -0.05) is 23.8 Å². The van der Waals surface area contributed by atoms with Crippen LogP contribution >= 0.6 is 22.6 Å². The number of hydrogen-bond acceptors (Lipinski definition) is 2. The van der Waals surface area contributed by atoms with E-state index in [1.807, 2.05) is 32.1 Å². The maximum Gasteiger partial charge on any atom is 0.243 e. The normalized spacial score (nSPS) is 21.8. The van der Waals surface area contributed by atoms with Gasteiger partial charge in [0, 0.05) is 10.1 Å². The second-order valence-corrected chi connectivity index (χ2v) is 7.90. The number of sulfonamides is 1. The molecule has 104 valence electrons. The second kappa shape index (κ2) is 5.93. The lowest BCUT2D eigenvalue weighted by molar-refractivity contribution is 0.431. The van der Waals surface area contributed by atoms with Crippen LogP contribution in [0.5, 0.6) is 0 Å². The fraction of sp³-hybridized carbons (Fsp3) is 0.429. The molecule has 1 aliphatic rings. The van der Waals surface area contributed by atoms with Crippen molar-refractivity contribution in [2.24, 2.45) is 0 Å². The molecule has 0 aliphatic carbocycles. The molecule has 2 rings (SSSR count). The smallest absolute Gasteiger partial charge is 0.207 e. The standard InChI is InChI=1S/C14H18INO2S/c1-3-13(15)14-5-4-10-16(14)19(17,18)12-8-6-11(2)7-9-12/h3,6-9,14H,4-5,10H2,1-2H3/b13-3-. The van der Waals surface area contributed by atoms with Gasteiger partial charge in [0.1, 0.15) is 0 Å². The lowest BCUT2D eigenvalue weighted by Gasteiger charge is -2.24. The third kappa shape index (κ3) is 3.03. The van der Waals surface area contributed by atoms with Crippen molar-refractivity contribution in [2.45, 2.75) is 37.6 Å². The Kier molecular flexibility index (Phi) is 4.68. The molecule has 1 aromatic carbocycles. The lowest BCUT2D eigenvalue weighted by Crippen LogP contribution is -2.35. The second-order valence-electron chi connectivity index (χ2n) is 4.76. The molecule has 1 fully saturated rings. The predicted octanol–water partition coefficient (Wildman–Crippen LogP) is 3.49. The Labute approximate surface area is 128 Å². The van der Waals surface area contributed by atoms with Gasteiger partial charge in [-0.15, -0.1) is 0 Å². The van der Waals surface area contributed by atoms with Crippen LogP contribution in [0.1, 0.15) is 25.3 Å². The molecular formula is C14H18INO2S. The molecule has 1 heterocycles.